The number of imide groups is 1. The lowest BCUT2D eigenvalue weighted by Gasteiger charge is -2.42. The number of para-hydroxylation sites is 1. The van der Waals surface area contributed by atoms with Gasteiger partial charge in [-0.1, -0.05) is 24.3 Å². The zero-order valence-corrected chi connectivity index (χ0v) is 20.0. The lowest BCUT2D eigenvalue weighted by atomic mass is 9.83. The van der Waals surface area contributed by atoms with Crippen LogP contribution in [-0.2, 0) is 22.6 Å². The van der Waals surface area contributed by atoms with Crippen molar-refractivity contribution in [1.29, 1.82) is 0 Å². The van der Waals surface area contributed by atoms with E-state index in [1.807, 2.05) is 46.0 Å². The fraction of sp³-hybridized carbons (Fsp3) is 0.407. The molecular formula is C27H29N5O4. The first kappa shape index (κ1) is 22.6. The Morgan fingerprint density at radius 1 is 1.00 bits per heavy atom. The van der Waals surface area contributed by atoms with Gasteiger partial charge in [-0.25, -0.2) is 4.79 Å². The van der Waals surface area contributed by atoms with E-state index in [0.717, 1.165) is 28.6 Å². The van der Waals surface area contributed by atoms with E-state index in [0.29, 0.717) is 32.6 Å². The van der Waals surface area contributed by atoms with Crippen LogP contribution >= 0.6 is 0 Å². The zero-order valence-electron chi connectivity index (χ0n) is 20.0. The lowest BCUT2D eigenvalue weighted by Crippen LogP contribution is -2.49. The summed E-state index contributed by atoms with van der Waals surface area (Å²) in [4.78, 5) is 57.1. The molecule has 36 heavy (non-hydrogen) atoms. The summed E-state index contributed by atoms with van der Waals surface area (Å²) < 4.78 is 1.85. The number of nitrogens with one attached hydrogen (secondary N) is 2. The SMILES string of the molecule is O=C(CCC1NC(=O)N(CCc2c[nH]c3ccccc23)C1=O)N1CC2CC(C1)c1cccc(=O)n1C2. The predicted molar refractivity (Wildman–Crippen MR) is 133 cm³/mol. The number of H-pyrrole nitrogens is 1. The number of carbonyl (C=O) groups is 3. The molecular weight excluding hydrogens is 458 g/mol. The van der Waals surface area contributed by atoms with Crippen molar-refractivity contribution in [2.45, 2.75) is 44.2 Å². The Kier molecular flexibility index (Phi) is 5.62. The number of hydrogen-bond donors (Lipinski definition) is 2. The normalized spacial score (nSPS) is 23.2. The van der Waals surface area contributed by atoms with Gasteiger partial charge in [-0.15, -0.1) is 0 Å². The molecule has 6 rings (SSSR count). The molecule has 2 N–H and O–H groups in total. The number of urea groups is 1. The highest BCUT2D eigenvalue weighted by Crippen LogP contribution is 2.35. The van der Waals surface area contributed by atoms with Crippen LogP contribution in [0.4, 0.5) is 4.79 Å². The summed E-state index contributed by atoms with van der Waals surface area (Å²) in [7, 11) is 0. The number of likely N-dealkylation sites (tertiary alicyclic amines) is 1. The van der Waals surface area contributed by atoms with Gasteiger partial charge >= 0.3 is 6.03 Å². The number of nitrogens with zero attached hydrogens (tertiary/aromatic N) is 3. The van der Waals surface area contributed by atoms with Crippen molar-refractivity contribution >= 4 is 28.7 Å². The molecule has 3 unspecified atom stereocenters. The minimum Gasteiger partial charge on any atom is -0.361 e. The van der Waals surface area contributed by atoms with Crippen molar-refractivity contribution in [2.75, 3.05) is 19.6 Å². The Balaban J connectivity index is 1.05. The largest absolute Gasteiger partial charge is 0.361 e. The number of pyridine rings is 1. The van der Waals surface area contributed by atoms with Gasteiger partial charge in [-0.05, 0) is 42.9 Å². The standard InChI is InChI=1S/C27H29N5O4/c33-24(30-14-17-12-19(16-30)23-6-3-7-25(34)32(23)15-17)9-8-22-26(35)31(27(36)29-22)11-10-18-13-28-21-5-2-1-4-20(18)21/h1-7,13,17,19,22,28H,8-12,14-16H2,(H,29,36). The van der Waals surface area contributed by atoms with Crippen molar-refractivity contribution < 1.29 is 14.4 Å². The summed E-state index contributed by atoms with van der Waals surface area (Å²) in [5, 5.41) is 3.85. The highest BCUT2D eigenvalue weighted by atomic mass is 16.2. The molecule has 5 heterocycles. The quantitative estimate of drug-likeness (QED) is 0.520. The second-order valence-corrected chi connectivity index (χ2v) is 10.1. The molecule has 2 saturated heterocycles. The van der Waals surface area contributed by atoms with Gasteiger partial charge in [-0.3, -0.25) is 19.3 Å². The van der Waals surface area contributed by atoms with E-state index >= 15 is 0 Å². The number of fused-ring (bicyclic) bond motifs is 5. The maximum Gasteiger partial charge on any atom is 0.324 e. The van der Waals surface area contributed by atoms with E-state index in [9.17, 15) is 19.2 Å². The average molecular weight is 488 g/mol. The van der Waals surface area contributed by atoms with Crippen LogP contribution in [0.2, 0.25) is 0 Å². The van der Waals surface area contributed by atoms with Crippen LogP contribution in [0.25, 0.3) is 10.9 Å². The molecule has 0 radical (unpaired) electrons. The molecule has 2 fully saturated rings. The first-order chi connectivity index (χ1) is 17.5. The highest BCUT2D eigenvalue weighted by Gasteiger charge is 2.39. The molecule has 9 heteroatoms. The molecule has 2 bridgehead atoms. The third kappa shape index (κ3) is 3.98. The number of benzene rings is 1. The molecule has 0 aliphatic carbocycles. The van der Waals surface area contributed by atoms with Crippen LogP contribution in [0.5, 0.6) is 0 Å². The minimum absolute atomic E-state index is 0.00396. The summed E-state index contributed by atoms with van der Waals surface area (Å²) in [5.74, 6) is 0.142. The summed E-state index contributed by atoms with van der Waals surface area (Å²) >= 11 is 0. The zero-order chi connectivity index (χ0) is 24.8. The van der Waals surface area contributed by atoms with Crippen molar-refractivity contribution in [3.63, 3.8) is 0 Å². The monoisotopic (exact) mass is 487 g/mol. The molecule has 3 aliphatic rings. The molecule has 1 aromatic carbocycles. The van der Waals surface area contributed by atoms with E-state index in [-0.39, 0.29) is 42.1 Å². The number of aromatic amines is 1. The number of piperidine rings is 1. The first-order valence-electron chi connectivity index (χ1n) is 12.6. The average Bonchev–Trinajstić information content (AvgIpc) is 3.41. The Morgan fingerprint density at radius 2 is 1.86 bits per heavy atom. The molecule has 9 nitrogen and oxygen atoms in total. The Bertz CT molecular complexity index is 1410. The van der Waals surface area contributed by atoms with Gasteiger partial charge < -0.3 is 19.8 Å². The van der Waals surface area contributed by atoms with E-state index < -0.39 is 12.1 Å². The van der Waals surface area contributed by atoms with Crippen LogP contribution in [0, 0.1) is 5.92 Å². The summed E-state index contributed by atoms with van der Waals surface area (Å²) in [6.45, 7) is 2.14. The highest BCUT2D eigenvalue weighted by molar-refractivity contribution is 6.04. The van der Waals surface area contributed by atoms with Crippen LogP contribution in [-0.4, -0.2) is 62.9 Å². The molecule has 186 valence electrons. The van der Waals surface area contributed by atoms with Crippen LogP contribution in [0.3, 0.4) is 0 Å². The number of carbonyl (C=O) groups excluding carboxylic acids is 3. The number of aromatic nitrogens is 2. The fourth-order valence-corrected chi connectivity index (χ4v) is 6.08. The van der Waals surface area contributed by atoms with Gasteiger partial charge in [0.2, 0.25) is 5.91 Å². The van der Waals surface area contributed by atoms with Gasteiger partial charge in [0.05, 0.1) is 0 Å². The lowest BCUT2D eigenvalue weighted by molar-refractivity contribution is -0.134. The van der Waals surface area contributed by atoms with Crippen molar-refractivity contribution in [2.24, 2.45) is 5.92 Å². The van der Waals surface area contributed by atoms with Gasteiger partial charge in [0.15, 0.2) is 0 Å². The summed E-state index contributed by atoms with van der Waals surface area (Å²) in [6.07, 6.45) is 3.96. The maximum atomic E-state index is 13.1. The van der Waals surface area contributed by atoms with Gasteiger partial charge in [0.25, 0.3) is 11.5 Å². The van der Waals surface area contributed by atoms with Crippen LogP contribution < -0.4 is 10.9 Å². The van der Waals surface area contributed by atoms with Crippen molar-refractivity contribution in [3.8, 4) is 0 Å². The molecule has 3 aliphatic heterocycles. The molecule has 2 aromatic heterocycles. The minimum atomic E-state index is -0.673. The fourth-order valence-electron chi connectivity index (χ4n) is 6.08. The summed E-state index contributed by atoms with van der Waals surface area (Å²) in [6, 6.07) is 12.2. The third-order valence-electron chi connectivity index (χ3n) is 7.87. The maximum absolute atomic E-state index is 13.1. The Hall–Kier alpha value is -3.88. The van der Waals surface area contributed by atoms with E-state index in [1.54, 1.807) is 12.1 Å². The van der Waals surface area contributed by atoms with E-state index in [4.69, 9.17) is 0 Å². The molecule has 3 aromatic rings. The molecule has 3 atom stereocenters. The second-order valence-electron chi connectivity index (χ2n) is 10.1. The van der Waals surface area contributed by atoms with Gasteiger partial charge in [0, 0.05) is 67.4 Å². The number of hydrogen-bond acceptors (Lipinski definition) is 4. The van der Waals surface area contributed by atoms with E-state index in [2.05, 4.69) is 10.3 Å². The van der Waals surface area contributed by atoms with Crippen LogP contribution in [0.15, 0.2) is 53.5 Å². The predicted octanol–water partition coefficient (Wildman–Crippen LogP) is 2.22. The Labute approximate surface area is 208 Å². The summed E-state index contributed by atoms with van der Waals surface area (Å²) in [5.41, 5.74) is 3.11. The van der Waals surface area contributed by atoms with Gasteiger partial charge in [0.1, 0.15) is 6.04 Å². The number of rotatable bonds is 6. The first-order valence-corrected chi connectivity index (χ1v) is 12.6. The second kappa shape index (κ2) is 8.96. The molecule has 0 saturated carbocycles. The van der Waals surface area contributed by atoms with Crippen molar-refractivity contribution in [1.82, 2.24) is 24.7 Å². The molecule has 0 spiro atoms. The smallest absolute Gasteiger partial charge is 0.324 e. The number of amides is 4. The van der Waals surface area contributed by atoms with Crippen molar-refractivity contribution in [3.05, 3.63) is 70.3 Å². The van der Waals surface area contributed by atoms with E-state index in [1.165, 1.54) is 4.90 Å². The molecule has 4 amide bonds. The van der Waals surface area contributed by atoms with Gasteiger partial charge in [-0.2, -0.15) is 0 Å². The Morgan fingerprint density at radius 3 is 2.75 bits per heavy atom. The van der Waals surface area contributed by atoms with Crippen LogP contribution in [0.1, 0.15) is 36.4 Å². The third-order valence-corrected chi connectivity index (χ3v) is 7.87. The topological polar surface area (TPSA) is 108 Å².